The van der Waals surface area contributed by atoms with E-state index in [1.807, 2.05) is 24.6 Å². The zero-order chi connectivity index (χ0) is 20.1. The van der Waals surface area contributed by atoms with Crippen LogP contribution in [0.15, 0.2) is 29.3 Å². The van der Waals surface area contributed by atoms with E-state index in [0.29, 0.717) is 19.1 Å². The predicted molar refractivity (Wildman–Crippen MR) is 125 cm³/mol. The van der Waals surface area contributed by atoms with Crippen LogP contribution >= 0.6 is 24.0 Å². The summed E-state index contributed by atoms with van der Waals surface area (Å²) in [6.45, 7) is 7.24. The summed E-state index contributed by atoms with van der Waals surface area (Å²) in [6, 6.07) is 7.25. The molecule has 1 aromatic carbocycles. The minimum atomic E-state index is -0.235. The number of halogens is 2. The highest BCUT2D eigenvalue weighted by Gasteiger charge is 2.23. The Labute approximate surface area is 189 Å². The molecule has 0 bridgehead atoms. The van der Waals surface area contributed by atoms with Crippen molar-refractivity contribution in [3.8, 4) is 0 Å². The monoisotopic (exact) mass is 514 g/mol. The van der Waals surface area contributed by atoms with Gasteiger partial charge in [0, 0.05) is 25.0 Å². The van der Waals surface area contributed by atoms with Gasteiger partial charge in [-0.1, -0.05) is 38.8 Å². The van der Waals surface area contributed by atoms with Gasteiger partial charge in [-0.15, -0.1) is 34.2 Å². The molecule has 0 aliphatic heterocycles. The first-order valence-corrected chi connectivity index (χ1v) is 10.0. The first kappa shape index (κ1) is 23.6. The topological polar surface area (TPSA) is 67.1 Å². The Morgan fingerprint density at radius 2 is 2.00 bits per heavy atom. The van der Waals surface area contributed by atoms with E-state index in [4.69, 9.17) is 4.99 Å². The lowest BCUT2D eigenvalue weighted by molar-refractivity contribution is 0.497. The molecular formula is C21H32FIN6. The van der Waals surface area contributed by atoms with Gasteiger partial charge in [0.2, 0.25) is 0 Å². The van der Waals surface area contributed by atoms with E-state index in [0.717, 1.165) is 36.0 Å². The molecule has 1 aromatic heterocycles. The molecule has 8 heteroatoms. The molecule has 0 unspecified atom stereocenters. The standard InChI is InChI=1S/C21H31FN6.HI/c1-15-26-27-19(28(15)4)13-23-20(25-18-10-5-6-11-18)24-14-21(2,3)16-8-7-9-17(22)12-16;/h7-9,12,18H,5-6,10-11,13-14H2,1-4H3,(H2,23,24,25);1H. The molecule has 0 radical (unpaired) electrons. The van der Waals surface area contributed by atoms with Crippen molar-refractivity contribution >= 4 is 29.9 Å². The van der Waals surface area contributed by atoms with Crippen LogP contribution in [-0.2, 0) is 19.0 Å². The third kappa shape index (κ3) is 6.38. The van der Waals surface area contributed by atoms with Crippen LogP contribution in [0, 0.1) is 12.7 Å². The Kier molecular flexibility index (Phi) is 8.42. The van der Waals surface area contributed by atoms with Crippen molar-refractivity contribution in [1.29, 1.82) is 0 Å². The molecule has 1 saturated carbocycles. The van der Waals surface area contributed by atoms with E-state index in [-0.39, 0.29) is 35.2 Å². The third-order valence-corrected chi connectivity index (χ3v) is 5.56. The summed E-state index contributed by atoms with van der Waals surface area (Å²) in [7, 11) is 1.95. The number of aryl methyl sites for hydroxylation is 1. The number of aliphatic imine (C=N–C) groups is 1. The summed E-state index contributed by atoms with van der Waals surface area (Å²) < 4.78 is 15.6. The van der Waals surface area contributed by atoms with E-state index in [9.17, 15) is 4.39 Å². The van der Waals surface area contributed by atoms with Crippen molar-refractivity contribution < 1.29 is 4.39 Å². The lowest BCUT2D eigenvalue weighted by Crippen LogP contribution is -2.46. The molecule has 2 N–H and O–H groups in total. The number of guanidine groups is 1. The van der Waals surface area contributed by atoms with Crippen molar-refractivity contribution in [3.05, 3.63) is 47.3 Å². The van der Waals surface area contributed by atoms with Crippen LogP contribution < -0.4 is 10.6 Å². The maximum Gasteiger partial charge on any atom is 0.191 e. The van der Waals surface area contributed by atoms with E-state index in [1.165, 1.54) is 18.9 Å². The van der Waals surface area contributed by atoms with Gasteiger partial charge in [0.15, 0.2) is 11.8 Å². The van der Waals surface area contributed by atoms with Crippen molar-refractivity contribution in [2.75, 3.05) is 6.54 Å². The fraction of sp³-hybridized carbons (Fsp3) is 0.571. The number of hydrogen-bond donors (Lipinski definition) is 2. The van der Waals surface area contributed by atoms with Crippen LogP contribution in [0.5, 0.6) is 0 Å². The van der Waals surface area contributed by atoms with Crippen molar-refractivity contribution in [2.24, 2.45) is 12.0 Å². The molecule has 1 fully saturated rings. The molecule has 1 aliphatic rings. The van der Waals surface area contributed by atoms with Crippen LogP contribution in [0.25, 0.3) is 0 Å². The number of aromatic nitrogens is 3. The molecule has 1 heterocycles. The number of hydrogen-bond acceptors (Lipinski definition) is 3. The van der Waals surface area contributed by atoms with Crippen LogP contribution in [0.1, 0.15) is 56.7 Å². The zero-order valence-corrected chi connectivity index (χ0v) is 20.0. The molecule has 160 valence electrons. The Morgan fingerprint density at radius 1 is 1.28 bits per heavy atom. The molecule has 6 nitrogen and oxygen atoms in total. The fourth-order valence-corrected chi connectivity index (χ4v) is 3.47. The van der Waals surface area contributed by atoms with Gasteiger partial charge in [0.1, 0.15) is 18.2 Å². The van der Waals surface area contributed by atoms with E-state index in [2.05, 4.69) is 34.7 Å². The molecular weight excluding hydrogens is 482 g/mol. The number of nitrogens with zero attached hydrogens (tertiary/aromatic N) is 4. The van der Waals surface area contributed by atoms with Gasteiger partial charge in [0.05, 0.1) is 0 Å². The Morgan fingerprint density at radius 3 is 2.62 bits per heavy atom. The first-order chi connectivity index (χ1) is 13.3. The van der Waals surface area contributed by atoms with Crippen molar-refractivity contribution in [2.45, 2.75) is 64.5 Å². The maximum absolute atomic E-state index is 13.6. The Balaban J connectivity index is 0.00000300. The molecule has 0 amide bonds. The van der Waals surface area contributed by atoms with E-state index in [1.54, 1.807) is 12.1 Å². The second kappa shape index (κ2) is 10.4. The first-order valence-electron chi connectivity index (χ1n) is 10.0. The van der Waals surface area contributed by atoms with Gasteiger partial charge in [0.25, 0.3) is 0 Å². The molecule has 0 spiro atoms. The van der Waals surface area contributed by atoms with Gasteiger partial charge < -0.3 is 15.2 Å². The van der Waals surface area contributed by atoms with E-state index < -0.39 is 0 Å². The van der Waals surface area contributed by atoms with Gasteiger partial charge in [-0.3, -0.25) is 0 Å². The second-order valence-electron chi connectivity index (χ2n) is 8.26. The van der Waals surface area contributed by atoms with Crippen LogP contribution in [-0.4, -0.2) is 33.3 Å². The summed E-state index contributed by atoms with van der Waals surface area (Å²) in [4.78, 5) is 4.74. The maximum atomic E-state index is 13.6. The molecule has 0 saturated heterocycles. The summed E-state index contributed by atoms with van der Waals surface area (Å²) in [5, 5.41) is 15.3. The quantitative estimate of drug-likeness (QED) is 0.350. The summed E-state index contributed by atoms with van der Waals surface area (Å²) in [6.07, 6.45) is 4.83. The molecule has 3 rings (SSSR count). The zero-order valence-electron chi connectivity index (χ0n) is 17.7. The fourth-order valence-electron chi connectivity index (χ4n) is 3.47. The van der Waals surface area contributed by atoms with Crippen molar-refractivity contribution in [1.82, 2.24) is 25.4 Å². The second-order valence-corrected chi connectivity index (χ2v) is 8.26. The highest BCUT2D eigenvalue weighted by Crippen LogP contribution is 2.23. The van der Waals surface area contributed by atoms with Crippen LogP contribution in [0.2, 0.25) is 0 Å². The number of nitrogens with one attached hydrogen (secondary N) is 2. The molecule has 29 heavy (non-hydrogen) atoms. The molecule has 1 aliphatic carbocycles. The highest BCUT2D eigenvalue weighted by atomic mass is 127. The lowest BCUT2D eigenvalue weighted by atomic mass is 9.84. The van der Waals surface area contributed by atoms with E-state index >= 15 is 0 Å². The summed E-state index contributed by atoms with van der Waals surface area (Å²) in [5.74, 6) is 2.27. The van der Waals surface area contributed by atoms with Crippen LogP contribution in [0.3, 0.4) is 0 Å². The number of rotatable bonds is 6. The predicted octanol–water partition coefficient (Wildman–Crippen LogP) is 3.84. The minimum absolute atomic E-state index is 0. The summed E-state index contributed by atoms with van der Waals surface area (Å²) >= 11 is 0. The van der Waals surface area contributed by atoms with Gasteiger partial charge in [-0.25, -0.2) is 9.38 Å². The smallest absolute Gasteiger partial charge is 0.191 e. The van der Waals surface area contributed by atoms with Gasteiger partial charge in [-0.05, 0) is 37.5 Å². The summed E-state index contributed by atoms with van der Waals surface area (Å²) in [5.41, 5.74) is 0.728. The average molecular weight is 514 g/mol. The lowest BCUT2D eigenvalue weighted by Gasteiger charge is -2.27. The Bertz CT molecular complexity index is 826. The van der Waals surface area contributed by atoms with Crippen molar-refractivity contribution in [3.63, 3.8) is 0 Å². The minimum Gasteiger partial charge on any atom is -0.356 e. The molecule has 2 aromatic rings. The average Bonchev–Trinajstić information content (AvgIpc) is 3.28. The SMILES string of the molecule is Cc1nnc(CN=C(NCC(C)(C)c2cccc(F)c2)NC2CCCC2)n1C.I. The largest absolute Gasteiger partial charge is 0.356 e. The molecule has 0 atom stereocenters. The highest BCUT2D eigenvalue weighted by molar-refractivity contribution is 14.0. The van der Waals surface area contributed by atoms with Gasteiger partial charge >= 0.3 is 0 Å². The third-order valence-electron chi connectivity index (χ3n) is 5.56. The number of benzene rings is 1. The van der Waals surface area contributed by atoms with Gasteiger partial charge in [-0.2, -0.15) is 0 Å². The normalized spacial score (nSPS) is 15.3. The van der Waals surface area contributed by atoms with Crippen LogP contribution in [0.4, 0.5) is 4.39 Å². The Hall–Kier alpha value is -1.71.